The van der Waals surface area contributed by atoms with E-state index in [2.05, 4.69) is 30.2 Å². The molecule has 9 nitrogen and oxygen atoms in total. The van der Waals surface area contributed by atoms with Gasteiger partial charge >= 0.3 is 0 Å². The molecule has 106 valence electrons. The Bertz CT molecular complexity index is 671. The number of hydrogen-bond donors (Lipinski definition) is 3. The lowest BCUT2D eigenvalue weighted by Gasteiger charge is -2.11. The number of nitrogens with one attached hydrogen (secondary N) is 2. The highest BCUT2D eigenvalue weighted by Gasteiger charge is 2.10. The number of nitrogens with two attached hydrogens (primary N) is 1. The van der Waals surface area contributed by atoms with Gasteiger partial charge in [-0.25, -0.2) is 4.98 Å². The van der Waals surface area contributed by atoms with E-state index in [1.807, 2.05) is 14.1 Å². The Hall–Kier alpha value is -2.36. The molecule has 20 heavy (non-hydrogen) atoms. The Morgan fingerprint density at radius 1 is 1.30 bits per heavy atom. The maximum absolute atomic E-state index is 11.3. The molecule has 0 aliphatic carbocycles. The van der Waals surface area contributed by atoms with Gasteiger partial charge in [-0.3, -0.25) is 4.79 Å². The van der Waals surface area contributed by atoms with Crippen LogP contribution in [0.5, 0.6) is 0 Å². The van der Waals surface area contributed by atoms with Crippen LogP contribution in [0.4, 0.5) is 17.7 Å². The molecule has 0 aromatic carbocycles. The quantitative estimate of drug-likeness (QED) is 0.657. The fraction of sp³-hybridized carbons (Fsp3) is 0.300. The summed E-state index contributed by atoms with van der Waals surface area (Å²) in [5.74, 6) is 1.07. The van der Waals surface area contributed by atoms with E-state index < -0.39 is 0 Å². The third-order valence-electron chi connectivity index (χ3n) is 2.15. The van der Waals surface area contributed by atoms with Crippen molar-refractivity contribution < 1.29 is 0 Å². The number of nitrogen functional groups attached to an aromatic ring is 1. The van der Waals surface area contributed by atoms with Gasteiger partial charge in [0.05, 0.1) is 0 Å². The first-order chi connectivity index (χ1) is 9.47. The highest BCUT2D eigenvalue weighted by Crippen LogP contribution is 2.22. The Morgan fingerprint density at radius 3 is 2.65 bits per heavy atom. The Kier molecular flexibility index (Phi) is 4.03. The zero-order valence-corrected chi connectivity index (χ0v) is 12.0. The average molecular weight is 294 g/mol. The van der Waals surface area contributed by atoms with Crippen LogP contribution in [-0.2, 0) is 0 Å². The first-order valence-electron chi connectivity index (χ1n) is 5.64. The van der Waals surface area contributed by atoms with E-state index in [1.54, 1.807) is 11.9 Å². The monoisotopic (exact) mass is 294 g/mol. The molecule has 2 aromatic heterocycles. The predicted octanol–water partition coefficient (Wildman–Crippen LogP) is -0.204. The molecule has 4 N–H and O–H groups in total. The highest BCUT2D eigenvalue weighted by molar-refractivity contribution is 7.99. The van der Waals surface area contributed by atoms with Crippen LogP contribution < -0.4 is 21.5 Å². The van der Waals surface area contributed by atoms with Gasteiger partial charge in [0.15, 0.2) is 5.16 Å². The van der Waals surface area contributed by atoms with Crippen molar-refractivity contribution in [3.05, 3.63) is 16.4 Å². The van der Waals surface area contributed by atoms with Gasteiger partial charge in [0, 0.05) is 27.2 Å². The van der Waals surface area contributed by atoms with Gasteiger partial charge in [0.1, 0.15) is 5.82 Å². The Balaban J connectivity index is 2.37. The van der Waals surface area contributed by atoms with Crippen LogP contribution in [0.25, 0.3) is 0 Å². The SMILES string of the molecule is CNc1nc(Sc2nc(N)cc(=O)[nH]2)nc(N(C)C)n1. The Morgan fingerprint density at radius 2 is 2.05 bits per heavy atom. The summed E-state index contributed by atoms with van der Waals surface area (Å²) in [7, 11) is 5.36. The molecule has 0 spiro atoms. The average Bonchev–Trinajstić information content (AvgIpc) is 2.36. The summed E-state index contributed by atoms with van der Waals surface area (Å²) < 4.78 is 0. The van der Waals surface area contributed by atoms with E-state index in [0.717, 1.165) is 11.8 Å². The van der Waals surface area contributed by atoms with Crippen LogP contribution in [0.15, 0.2) is 21.2 Å². The van der Waals surface area contributed by atoms with E-state index in [-0.39, 0.29) is 11.4 Å². The summed E-state index contributed by atoms with van der Waals surface area (Å²) in [6.07, 6.45) is 0. The number of nitrogens with zero attached hydrogens (tertiary/aromatic N) is 5. The Labute approximate surface area is 119 Å². The summed E-state index contributed by atoms with van der Waals surface area (Å²) in [6.45, 7) is 0. The van der Waals surface area contributed by atoms with Crippen molar-refractivity contribution >= 4 is 29.5 Å². The molecular formula is C10H14N8OS. The summed E-state index contributed by atoms with van der Waals surface area (Å²) in [4.78, 5) is 32.3. The van der Waals surface area contributed by atoms with Gasteiger partial charge in [0.25, 0.3) is 5.56 Å². The van der Waals surface area contributed by atoms with Crippen LogP contribution in [0.2, 0.25) is 0 Å². The fourth-order valence-electron chi connectivity index (χ4n) is 1.29. The van der Waals surface area contributed by atoms with E-state index in [0.29, 0.717) is 22.2 Å². The van der Waals surface area contributed by atoms with E-state index in [4.69, 9.17) is 5.73 Å². The molecule has 0 saturated heterocycles. The standard InChI is InChI=1S/C10H14N8OS/c1-12-7-15-8(18(2)3)17-10(16-7)20-9-13-5(11)4-6(19)14-9/h4H,1-3H3,(H3,11,13,14,19)(H,12,15,16,17). The van der Waals surface area contributed by atoms with Crippen molar-refractivity contribution in [3.63, 3.8) is 0 Å². The minimum absolute atomic E-state index is 0.145. The van der Waals surface area contributed by atoms with Crippen molar-refractivity contribution in [1.82, 2.24) is 24.9 Å². The molecule has 10 heteroatoms. The molecule has 2 rings (SSSR count). The summed E-state index contributed by atoms with van der Waals surface area (Å²) >= 11 is 1.10. The number of rotatable bonds is 4. The topological polar surface area (TPSA) is 126 Å². The zero-order chi connectivity index (χ0) is 14.7. The van der Waals surface area contributed by atoms with Crippen LogP contribution >= 0.6 is 11.8 Å². The van der Waals surface area contributed by atoms with E-state index in [1.165, 1.54) is 6.07 Å². The summed E-state index contributed by atoms with van der Waals surface area (Å²) in [5, 5.41) is 3.58. The van der Waals surface area contributed by atoms with Crippen LogP contribution in [-0.4, -0.2) is 46.1 Å². The third-order valence-corrected chi connectivity index (χ3v) is 2.91. The first kappa shape index (κ1) is 14.1. The lowest BCUT2D eigenvalue weighted by Crippen LogP contribution is -2.15. The van der Waals surface area contributed by atoms with Crippen LogP contribution in [0, 0.1) is 0 Å². The first-order valence-corrected chi connectivity index (χ1v) is 6.45. The van der Waals surface area contributed by atoms with Gasteiger partial charge in [-0.1, -0.05) is 0 Å². The molecule has 2 heterocycles. The largest absolute Gasteiger partial charge is 0.383 e. The molecule has 0 unspecified atom stereocenters. The number of hydrogen-bond acceptors (Lipinski definition) is 9. The lowest BCUT2D eigenvalue weighted by atomic mass is 10.6. The maximum atomic E-state index is 11.3. The molecule has 0 radical (unpaired) electrons. The van der Waals surface area contributed by atoms with Gasteiger partial charge in [0.2, 0.25) is 17.1 Å². The molecule has 0 aliphatic heterocycles. The fourth-order valence-corrected chi connectivity index (χ4v) is 2.03. The third kappa shape index (κ3) is 3.35. The predicted molar refractivity (Wildman–Crippen MR) is 77.1 cm³/mol. The molecule has 0 fully saturated rings. The van der Waals surface area contributed by atoms with Crippen molar-refractivity contribution in [1.29, 1.82) is 0 Å². The normalized spacial score (nSPS) is 10.3. The van der Waals surface area contributed by atoms with Crippen LogP contribution in [0.1, 0.15) is 0 Å². The number of aromatic nitrogens is 5. The molecule has 0 amide bonds. The van der Waals surface area contributed by atoms with Crippen molar-refractivity contribution in [2.75, 3.05) is 37.1 Å². The summed E-state index contributed by atoms with van der Waals surface area (Å²) in [6, 6.07) is 1.21. The van der Waals surface area contributed by atoms with Crippen molar-refractivity contribution in [3.8, 4) is 0 Å². The van der Waals surface area contributed by atoms with E-state index >= 15 is 0 Å². The molecule has 2 aromatic rings. The van der Waals surface area contributed by atoms with Gasteiger partial charge < -0.3 is 20.9 Å². The van der Waals surface area contributed by atoms with Crippen molar-refractivity contribution in [2.45, 2.75) is 10.3 Å². The van der Waals surface area contributed by atoms with E-state index in [9.17, 15) is 4.79 Å². The highest BCUT2D eigenvalue weighted by atomic mass is 32.2. The summed E-state index contributed by atoms with van der Waals surface area (Å²) in [5.41, 5.74) is 5.21. The van der Waals surface area contributed by atoms with Crippen molar-refractivity contribution in [2.24, 2.45) is 0 Å². The minimum atomic E-state index is -0.323. The molecule has 0 atom stereocenters. The second-order valence-corrected chi connectivity index (χ2v) is 4.92. The molecule has 0 bridgehead atoms. The van der Waals surface area contributed by atoms with Gasteiger partial charge in [-0.2, -0.15) is 15.0 Å². The zero-order valence-electron chi connectivity index (χ0n) is 11.2. The molecular weight excluding hydrogens is 280 g/mol. The number of H-pyrrole nitrogens is 1. The van der Waals surface area contributed by atoms with Gasteiger partial charge in [-0.15, -0.1) is 0 Å². The second kappa shape index (κ2) is 5.74. The smallest absolute Gasteiger partial charge is 0.253 e. The number of aromatic amines is 1. The second-order valence-electron chi connectivity index (χ2n) is 3.96. The van der Waals surface area contributed by atoms with Gasteiger partial charge in [-0.05, 0) is 11.8 Å². The number of anilines is 3. The maximum Gasteiger partial charge on any atom is 0.253 e. The van der Waals surface area contributed by atoms with Crippen LogP contribution in [0.3, 0.4) is 0 Å². The molecule has 0 aliphatic rings. The minimum Gasteiger partial charge on any atom is -0.383 e. The molecule has 0 saturated carbocycles. The lowest BCUT2D eigenvalue weighted by molar-refractivity contribution is 0.860.